The van der Waals surface area contributed by atoms with E-state index in [4.69, 9.17) is 9.47 Å². The Morgan fingerprint density at radius 2 is 1.92 bits per heavy atom. The van der Waals surface area contributed by atoms with Gasteiger partial charge in [-0.05, 0) is 38.2 Å². The van der Waals surface area contributed by atoms with E-state index in [9.17, 15) is 14.4 Å². The van der Waals surface area contributed by atoms with Gasteiger partial charge in [0.1, 0.15) is 5.00 Å². The van der Waals surface area contributed by atoms with Crippen molar-refractivity contribution in [3.63, 3.8) is 0 Å². The number of carbonyl (C=O) groups is 3. The molecule has 0 saturated heterocycles. The maximum absolute atomic E-state index is 12.1. The lowest BCUT2D eigenvalue weighted by Gasteiger charge is -2.08. The molecule has 1 amide bonds. The second-order valence-corrected chi connectivity index (χ2v) is 7.01. The molecule has 6 nitrogen and oxygen atoms in total. The van der Waals surface area contributed by atoms with Crippen LogP contribution in [0.5, 0.6) is 0 Å². The van der Waals surface area contributed by atoms with Gasteiger partial charge in [-0.25, -0.2) is 4.79 Å². The molecule has 0 unspecified atom stereocenters. The molecule has 132 valence electrons. The summed E-state index contributed by atoms with van der Waals surface area (Å²) < 4.78 is 10.1. The van der Waals surface area contributed by atoms with Gasteiger partial charge in [-0.15, -0.1) is 11.3 Å². The van der Waals surface area contributed by atoms with Crippen LogP contribution in [0.2, 0.25) is 0 Å². The van der Waals surface area contributed by atoms with Crippen molar-refractivity contribution in [2.45, 2.75) is 40.5 Å². The average Bonchev–Trinajstić information content (AvgIpc) is 3.18. The van der Waals surface area contributed by atoms with E-state index in [2.05, 4.69) is 5.32 Å². The van der Waals surface area contributed by atoms with E-state index >= 15 is 0 Å². The molecular weight excluding hydrogens is 330 g/mol. The molecule has 0 aliphatic heterocycles. The molecule has 1 fully saturated rings. The fourth-order valence-electron chi connectivity index (χ4n) is 2.49. The predicted octanol–water partition coefficient (Wildman–Crippen LogP) is 2.93. The molecule has 1 N–H and O–H groups in total. The summed E-state index contributed by atoms with van der Waals surface area (Å²) in [5.74, 6) is -0.984. The molecule has 0 radical (unpaired) electrons. The zero-order chi connectivity index (χ0) is 17.9. The molecule has 0 aromatic carbocycles. The van der Waals surface area contributed by atoms with Crippen LogP contribution in [0.25, 0.3) is 0 Å². The van der Waals surface area contributed by atoms with Crippen molar-refractivity contribution in [3.05, 3.63) is 16.0 Å². The monoisotopic (exact) mass is 353 g/mol. The number of hydrogen-bond acceptors (Lipinski definition) is 6. The van der Waals surface area contributed by atoms with Crippen molar-refractivity contribution < 1.29 is 23.9 Å². The summed E-state index contributed by atoms with van der Waals surface area (Å²) in [5.41, 5.74) is 1.20. The fraction of sp³-hybridized carbons (Fsp3) is 0.588. The summed E-state index contributed by atoms with van der Waals surface area (Å²) >= 11 is 1.35. The van der Waals surface area contributed by atoms with Gasteiger partial charge in [0.2, 0.25) is 0 Å². The molecule has 24 heavy (non-hydrogen) atoms. The van der Waals surface area contributed by atoms with Gasteiger partial charge in [0.15, 0.2) is 6.61 Å². The minimum Gasteiger partial charge on any atom is -0.462 e. The van der Waals surface area contributed by atoms with Gasteiger partial charge in [0.25, 0.3) is 5.91 Å². The number of hydrogen-bond donors (Lipinski definition) is 1. The van der Waals surface area contributed by atoms with Crippen LogP contribution in [-0.4, -0.2) is 31.1 Å². The predicted molar refractivity (Wildman–Crippen MR) is 91.3 cm³/mol. The summed E-state index contributed by atoms with van der Waals surface area (Å²) in [7, 11) is 0. The highest BCUT2D eigenvalue weighted by Crippen LogP contribution is 2.38. The molecule has 1 heterocycles. The number of amides is 1. The first-order valence-electron chi connectivity index (χ1n) is 8.14. The molecule has 1 aliphatic rings. The summed E-state index contributed by atoms with van der Waals surface area (Å²) in [4.78, 5) is 36.9. The first-order chi connectivity index (χ1) is 11.4. The number of rotatable bonds is 7. The van der Waals surface area contributed by atoms with Gasteiger partial charge in [-0.2, -0.15) is 0 Å². The Bertz CT molecular complexity index is 652. The molecule has 1 aromatic heterocycles. The number of ether oxygens (including phenoxy) is 2. The molecule has 1 aromatic rings. The molecule has 0 spiro atoms. The largest absolute Gasteiger partial charge is 0.462 e. The van der Waals surface area contributed by atoms with Crippen LogP contribution in [0.15, 0.2) is 0 Å². The Morgan fingerprint density at radius 3 is 2.46 bits per heavy atom. The smallest absolute Gasteiger partial charge is 0.341 e. The Balaban J connectivity index is 2.03. The lowest BCUT2D eigenvalue weighted by molar-refractivity contribution is -0.148. The van der Waals surface area contributed by atoms with E-state index in [-0.39, 0.29) is 25.1 Å². The lowest BCUT2D eigenvalue weighted by atomic mass is 10.1. The summed E-state index contributed by atoms with van der Waals surface area (Å²) in [5, 5.41) is 3.12. The van der Waals surface area contributed by atoms with Crippen LogP contribution < -0.4 is 5.32 Å². The molecule has 2 atom stereocenters. The van der Waals surface area contributed by atoms with Gasteiger partial charge < -0.3 is 14.8 Å². The molecule has 7 heteroatoms. The number of anilines is 1. The molecule has 1 aliphatic carbocycles. The average molecular weight is 353 g/mol. The maximum Gasteiger partial charge on any atom is 0.341 e. The highest BCUT2D eigenvalue weighted by atomic mass is 32.1. The van der Waals surface area contributed by atoms with Gasteiger partial charge in [-0.1, -0.05) is 13.8 Å². The quantitative estimate of drug-likeness (QED) is 0.762. The topological polar surface area (TPSA) is 81.7 Å². The third-order valence-electron chi connectivity index (χ3n) is 4.06. The fourth-order valence-corrected chi connectivity index (χ4v) is 3.64. The first kappa shape index (κ1) is 18.4. The van der Waals surface area contributed by atoms with E-state index in [0.29, 0.717) is 16.5 Å². The zero-order valence-corrected chi connectivity index (χ0v) is 15.2. The van der Waals surface area contributed by atoms with Crippen molar-refractivity contribution in [2.75, 3.05) is 18.5 Å². The Hall–Kier alpha value is -1.89. The lowest BCUT2D eigenvalue weighted by Crippen LogP contribution is -2.22. The van der Waals surface area contributed by atoms with E-state index < -0.39 is 11.9 Å². The van der Waals surface area contributed by atoms with Crippen LogP contribution in [0.3, 0.4) is 0 Å². The van der Waals surface area contributed by atoms with Crippen molar-refractivity contribution >= 4 is 34.2 Å². The normalized spacial score (nSPS) is 18.8. The first-order valence-corrected chi connectivity index (χ1v) is 8.96. The van der Waals surface area contributed by atoms with Gasteiger partial charge in [0, 0.05) is 4.88 Å². The van der Waals surface area contributed by atoms with E-state index in [1.54, 1.807) is 6.92 Å². The number of esters is 2. The Morgan fingerprint density at radius 1 is 1.25 bits per heavy atom. The Kier molecular flexibility index (Phi) is 5.99. The summed E-state index contributed by atoms with van der Waals surface area (Å²) in [6.07, 6.45) is 1.57. The van der Waals surface area contributed by atoms with Gasteiger partial charge >= 0.3 is 11.9 Å². The van der Waals surface area contributed by atoms with E-state index in [1.807, 2.05) is 20.8 Å². The van der Waals surface area contributed by atoms with E-state index in [1.165, 1.54) is 11.3 Å². The summed E-state index contributed by atoms with van der Waals surface area (Å²) in [6, 6.07) is 0. The van der Waals surface area contributed by atoms with Crippen LogP contribution in [0, 0.1) is 18.8 Å². The summed E-state index contributed by atoms with van der Waals surface area (Å²) in [6.45, 7) is 7.45. The van der Waals surface area contributed by atoms with Crippen LogP contribution in [0.1, 0.15) is 48.0 Å². The molecule has 2 rings (SSSR count). The highest BCUT2D eigenvalue weighted by molar-refractivity contribution is 7.17. The molecule has 0 bridgehead atoms. The Labute approximate surface area is 145 Å². The number of thiophene rings is 1. The molecule has 1 saturated carbocycles. The molecular formula is C17H23NO5S. The second kappa shape index (κ2) is 7.79. The SMILES string of the molecule is CCOC(=O)c1c(NC(=O)COC(=O)[C@@H]2C[C@H]2C)sc(CC)c1C. The van der Waals surface area contributed by atoms with Crippen LogP contribution >= 0.6 is 11.3 Å². The number of nitrogens with one attached hydrogen (secondary N) is 1. The van der Waals surface area contributed by atoms with Crippen molar-refractivity contribution in [2.24, 2.45) is 11.8 Å². The maximum atomic E-state index is 12.1. The third-order valence-corrected chi connectivity index (χ3v) is 5.41. The van der Waals surface area contributed by atoms with Crippen LogP contribution in [0.4, 0.5) is 5.00 Å². The third kappa shape index (κ3) is 4.14. The number of carbonyl (C=O) groups excluding carboxylic acids is 3. The van der Waals surface area contributed by atoms with Crippen LogP contribution in [-0.2, 0) is 25.5 Å². The van der Waals surface area contributed by atoms with Gasteiger partial charge in [-0.3, -0.25) is 9.59 Å². The highest BCUT2D eigenvalue weighted by Gasteiger charge is 2.40. The zero-order valence-electron chi connectivity index (χ0n) is 14.4. The van der Waals surface area contributed by atoms with Crippen molar-refractivity contribution in [1.82, 2.24) is 0 Å². The van der Waals surface area contributed by atoms with Crippen molar-refractivity contribution in [3.8, 4) is 0 Å². The minimum absolute atomic E-state index is 0.0800. The van der Waals surface area contributed by atoms with Crippen molar-refractivity contribution in [1.29, 1.82) is 0 Å². The second-order valence-electron chi connectivity index (χ2n) is 5.90. The number of aryl methyl sites for hydroxylation is 1. The standard InChI is InChI=1S/C17H23NO5S/c1-5-12-10(4)14(17(21)22-6-2)15(24-12)18-13(19)8-23-16(20)11-7-9(11)3/h9,11H,5-8H2,1-4H3,(H,18,19)/t9-,11-/m1/s1. The van der Waals surface area contributed by atoms with E-state index in [0.717, 1.165) is 23.3 Å². The van der Waals surface area contributed by atoms with Gasteiger partial charge in [0.05, 0.1) is 18.1 Å². The minimum atomic E-state index is -0.454.